The number of hydrogen-bond acceptors (Lipinski definition) is 4. The normalized spacial score (nSPS) is 10.3. The first kappa shape index (κ1) is 18.8. The van der Waals surface area contributed by atoms with E-state index < -0.39 is 11.8 Å². The van der Waals surface area contributed by atoms with Gasteiger partial charge in [-0.05, 0) is 30.3 Å². The average Bonchev–Trinajstić information content (AvgIpc) is 3.06. The van der Waals surface area contributed by atoms with Crippen LogP contribution in [0.1, 0.15) is 28.0 Å². The quantitative estimate of drug-likeness (QED) is 0.574. The fourth-order valence-corrected chi connectivity index (χ4v) is 2.68. The molecule has 0 aliphatic rings. The molecule has 0 saturated carbocycles. The molecule has 3 rings (SSSR count). The third-order valence-electron chi connectivity index (χ3n) is 3.81. The maximum Gasteiger partial charge on any atom is 0.292 e. The molecule has 8 nitrogen and oxygen atoms in total. The number of fused-ring (bicyclic) bond motifs is 1. The molecule has 3 N–H and O–H groups in total. The number of aromatic nitrogens is 2. The molecule has 0 atom stereocenters. The van der Waals surface area contributed by atoms with Crippen LogP contribution in [0.15, 0.2) is 61.3 Å². The number of anilines is 2. The van der Waals surface area contributed by atoms with Gasteiger partial charge in [0.15, 0.2) is 5.69 Å². The first-order valence-electron chi connectivity index (χ1n) is 8.55. The van der Waals surface area contributed by atoms with Gasteiger partial charge in [0.1, 0.15) is 0 Å². The van der Waals surface area contributed by atoms with Gasteiger partial charge in [-0.25, -0.2) is 4.98 Å². The zero-order valence-corrected chi connectivity index (χ0v) is 15.2. The Labute approximate surface area is 161 Å². The lowest BCUT2D eigenvalue weighted by Gasteiger charge is -2.07. The number of pyridine rings is 1. The Balaban J connectivity index is 1.91. The van der Waals surface area contributed by atoms with Crippen LogP contribution < -0.4 is 16.0 Å². The molecule has 0 saturated heterocycles. The van der Waals surface area contributed by atoms with Crippen molar-refractivity contribution >= 4 is 34.6 Å². The molecule has 28 heavy (non-hydrogen) atoms. The molecule has 0 bridgehead atoms. The molecule has 2 heterocycles. The summed E-state index contributed by atoms with van der Waals surface area (Å²) in [6.45, 7) is 5.26. The highest BCUT2D eigenvalue weighted by Gasteiger charge is 2.21. The molecule has 0 radical (unpaired) electrons. The van der Waals surface area contributed by atoms with E-state index in [2.05, 4.69) is 27.5 Å². The van der Waals surface area contributed by atoms with Crippen molar-refractivity contribution in [1.82, 2.24) is 14.7 Å². The lowest BCUT2D eigenvalue weighted by molar-refractivity contribution is -0.114. The summed E-state index contributed by atoms with van der Waals surface area (Å²) in [5.74, 6) is -1.01. The SMILES string of the molecule is C=CCNC(=O)c1nc(C(=O)Nc2cccc(NC(C)=O)c2)n2ccccc12. The third-order valence-corrected chi connectivity index (χ3v) is 3.81. The molecular weight excluding hydrogens is 358 g/mol. The van der Waals surface area contributed by atoms with E-state index in [1.54, 1.807) is 59.1 Å². The average molecular weight is 377 g/mol. The van der Waals surface area contributed by atoms with E-state index in [1.807, 2.05) is 0 Å². The minimum absolute atomic E-state index is 0.0734. The largest absolute Gasteiger partial charge is 0.347 e. The van der Waals surface area contributed by atoms with E-state index in [0.717, 1.165) is 0 Å². The van der Waals surface area contributed by atoms with E-state index in [9.17, 15) is 14.4 Å². The van der Waals surface area contributed by atoms with Crippen molar-refractivity contribution in [3.05, 3.63) is 72.8 Å². The van der Waals surface area contributed by atoms with Crippen LogP contribution in [0.3, 0.4) is 0 Å². The summed E-state index contributed by atoms with van der Waals surface area (Å²) in [7, 11) is 0. The Hall–Kier alpha value is -3.94. The number of carbonyl (C=O) groups excluding carboxylic acids is 3. The number of imidazole rings is 1. The summed E-state index contributed by atoms with van der Waals surface area (Å²) in [5.41, 5.74) is 1.71. The molecule has 2 aromatic heterocycles. The molecule has 0 unspecified atom stereocenters. The highest BCUT2D eigenvalue weighted by atomic mass is 16.2. The van der Waals surface area contributed by atoms with Gasteiger partial charge in [-0.3, -0.25) is 18.8 Å². The summed E-state index contributed by atoms with van der Waals surface area (Å²) >= 11 is 0. The van der Waals surface area contributed by atoms with Crippen molar-refractivity contribution in [1.29, 1.82) is 0 Å². The summed E-state index contributed by atoms with van der Waals surface area (Å²) in [6, 6.07) is 12.0. The van der Waals surface area contributed by atoms with Gasteiger partial charge in [-0.1, -0.05) is 18.2 Å². The van der Waals surface area contributed by atoms with Crippen molar-refractivity contribution in [3.8, 4) is 0 Å². The number of hydrogen-bond donors (Lipinski definition) is 3. The third kappa shape index (κ3) is 4.07. The smallest absolute Gasteiger partial charge is 0.292 e. The van der Waals surface area contributed by atoms with Gasteiger partial charge in [0.25, 0.3) is 11.8 Å². The maximum atomic E-state index is 12.8. The van der Waals surface area contributed by atoms with Gasteiger partial charge in [-0.2, -0.15) is 0 Å². The number of nitrogens with one attached hydrogen (secondary N) is 3. The molecule has 8 heteroatoms. The Morgan fingerprint density at radius 3 is 2.54 bits per heavy atom. The number of nitrogens with zero attached hydrogens (tertiary/aromatic N) is 2. The minimum Gasteiger partial charge on any atom is -0.347 e. The van der Waals surface area contributed by atoms with Crippen LogP contribution in [0.4, 0.5) is 11.4 Å². The van der Waals surface area contributed by atoms with Gasteiger partial charge < -0.3 is 16.0 Å². The van der Waals surface area contributed by atoms with Gasteiger partial charge in [0.05, 0.1) is 5.52 Å². The fourth-order valence-electron chi connectivity index (χ4n) is 2.68. The van der Waals surface area contributed by atoms with Crippen LogP contribution in [0.5, 0.6) is 0 Å². The van der Waals surface area contributed by atoms with Gasteiger partial charge >= 0.3 is 0 Å². The van der Waals surface area contributed by atoms with E-state index >= 15 is 0 Å². The van der Waals surface area contributed by atoms with Crippen LogP contribution in [-0.4, -0.2) is 33.7 Å². The molecule has 1 aromatic carbocycles. The van der Waals surface area contributed by atoms with E-state index in [-0.39, 0.29) is 17.4 Å². The molecule has 0 aliphatic carbocycles. The monoisotopic (exact) mass is 377 g/mol. The lowest BCUT2D eigenvalue weighted by Crippen LogP contribution is -2.24. The first-order valence-corrected chi connectivity index (χ1v) is 8.55. The Kier molecular flexibility index (Phi) is 5.50. The first-order chi connectivity index (χ1) is 13.5. The van der Waals surface area contributed by atoms with Crippen LogP contribution in [-0.2, 0) is 4.79 Å². The van der Waals surface area contributed by atoms with Crippen LogP contribution >= 0.6 is 0 Å². The molecule has 0 spiro atoms. The zero-order chi connectivity index (χ0) is 20.1. The van der Waals surface area contributed by atoms with Gasteiger partial charge in [-0.15, -0.1) is 6.58 Å². The standard InChI is InChI=1S/C20H19N5O3/c1-3-10-21-19(27)17-16-9-4-5-11-25(16)18(24-17)20(28)23-15-8-6-7-14(12-15)22-13(2)26/h3-9,11-12H,1,10H2,2H3,(H,21,27)(H,22,26)(H,23,28). The number of carbonyl (C=O) groups is 3. The predicted octanol–water partition coefficient (Wildman–Crippen LogP) is 2.46. The van der Waals surface area contributed by atoms with Crippen LogP contribution in [0, 0.1) is 0 Å². The number of amides is 3. The number of benzene rings is 1. The Morgan fingerprint density at radius 2 is 1.82 bits per heavy atom. The Morgan fingerprint density at radius 1 is 1.07 bits per heavy atom. The summed E-state index contributed by atoms with van der Waals surface area (Å²) in [6.07, 6.45) is 3.22. The molecule has 3 aromatic rings. The van der Waals surface area contributed by atoms with Crippen molar-refractivity contribution < 1.29 is 14.4 Å². The molecule has 3 amide bonds. The van der Waals surface area contributed by atoms with E-state index in [1.165, 1.54) is 6.92 Å². The van der Waals surface area contributed by atoms with E-state index in [4.69, 9.17) is 0 Å². The minimum atomic E-state index is -0.482. The van der Waals surface area contributed by atoms with Crippen molar-refractivity contribution in [2.24, 2.45) is 0 Å². The highest BCUT2D eigenvalue weighted by molar-refractivity contribution is 6.06. The second-order valence-corrected chi connectivity index (χ2v) is 5.95. The number of rotatable bonds is 6. The summed E-state index contributed by atoms with van der Waals surface area (Å²) in [5, 5.41) is 8.06. The topological polar surface area (TPSA) is 105 Å². The summed E-state index contributed by atoms with van der Waals surface area (Å²) < 4.78 is 1.55. The van der Waals surface area contributed by atoms with Crippen LogP contribution in [0.25, 0.3) is 5.52 Å². The van der Waals surface area contributed by atoms with Crippen molar-refractivity contribution in [2.75, 3.05) is 17.2 Å². The second kappa shape index (κ2) is 8.17. The molecular formula is C20H19N5O3. The maximum absolute atomic E-state index is 12.8. The van der Waals surface area contributed by atoms with Gasteiger partial charge in [0, 0.05) is 31.0 Å². The Bertz CT molecular complexity index is 1070. The predicted molar refractivity (Wildman–Crippen MR) is 106 cm³/mol. The van der Waals surface area contributed by atoms with Crippen LogP contribution in [0.2, 0.25) is 0 Å². The van der Waals surface area contributed by atoms with Gasteiger partial charge in [0.2, 0.25) is 11.7 Å². The fraction of sp³-hybridized carbons (Fsp3) is 0.100. The zero-order valence-electron chi connectivity index (χ0n) is 15.2. The second-order valence-electron chi connectivity index (χ2n) is 5.95. The van der Waals surface area contributed by atoms with E-state index in [0.29, 0.717) is 23.4 Å². The molecule has 0 fully saturated rings. The van der Waals surface area contributed by atoms with Crippen molar-refractivity contribution in [2.45, 2.75) is 6.92 Å². The molecule has 0 aliphatic heterocycles. The highest BCUT2D eigenvalue weighted by Crippen LogP contribution is 2.18. The summed E-state index contributed by atoms with van der Waals surface area (Å²) in [4.78, 5) is 40.6. The molecule has 142 valence electrons. The lowest BCUT2D eigenvalue weighted by atomic mass is 10.2. The van der Waals surface area contributed by atoms with Crippen molar-refractivity contribution in [3.63, 3.8) is 0 Å².